The predicted octanol–water partition coefficient (Wildman–Crippen LogP) is -0.788. The molecule has 1 rings (SSSR count). The molecule has 0 amide bonds. The van der Waals surface area contributed by atoms with Crippen LogP contribution in [0.1, 0.15) is 12.5 Å². The fraction of sp³-hybridized carbons (Fsp3) is 0.250. The molecule has 0 heterocycles. The molecule has 3 nitrogen and oxygen atoms in total. The summed E-state index contributed by atoms with van der Waals surface area (Å²) in [7, 11) is -1.51. The SMILES string of the molecule is CCc1cccc(B(O)OBO)c1. The van der Waals surface area contributed by atoms with Crippen molar-refractivity contribution >= 4 is 20.3 Å². The van der Waals surface area contributed by atoms with E-state index in [0.29, 0.717) is 5.46 Å². The minimum Gasteiger partial charge on any atom is -0.450 e. The molecule has 0 atom stereocenters. The van der Waals surface area contributed by atoms with Crippen molar-refractivity contribution in [3.05, 3.63) is 29.8 Å². The van der Waals surface area contributed by atoms with Gasteiger partial charge in [0, 0.05) is 0 Å². The second kappa shape index (κ2) is 5.07. The van der Waals surface area contributed by atoms with E-state index in [9.17, 15) is 5.02 Å². The van der Waals surface area contributed by atoms with Gasteiger partial charge in [0.2, 0.25) is 0 Å². The van der Waals surface area contributed by atoms with E-state index < -0.39 is 14.8 Å². The normalized spacial score (nSPS) is 9.77. The maximum atomic E-state index is 9.36. The summed E-state index contributed by atoms with van der Waals surface area (Å²) in [6.07, 6.45) is 0.916. The fourth-order valence-electron chi connectivity index (χ4n) is 1.13. The number of hydrogen-bond acceptors (Lipinski definition) is 3. The molecule has 0 bridgehead atoms. The van der Waals surface area contributed by atoms with Crippen molar-refractivity contribution in [2.45, 2.75) is 13.3 Å². The van der Waals surface area contributed by atoms with Crippen molar-refractivity contribution in [1.29, 1.82) is 0 Å². The van der Waals surface area contributed by atoms with E-state index in [-0.39, 0.29) is 0 Å². The summed E-state index contributed by atoms with van der Waals surface area (Å²) < 4.78 is 4.64. The molecule has 0 unspecified atom stereocenters. The first-order chi connectivity index (χ1) is 6.27. The van der Waals surface area contributed by atoms with E-state index in [4.69, 9.17) is 5.02 Å². The average molecular weight is 178 g/mol. The van der Waals surface area contributed by atoms with Crippen molar-refractivity contribution < 1.29 is 14.6 Å². The van der Waals surface area contributed by atoms with Crippen LogP contribution in [-0.2, 0) is 11.0 Å². The van der Waals surface area contributed by atoms with Crippen molar-refractivity contribution in [1.82, 2.24) is 0 Å². The van der Waals surface area contributed by atoms with Gasteiger partial charge in [-0.3, -0.25) is 0 Å². The van der Waals surface area contributed by atoms with Crippen LogP contribution in [0, 0.1) is 0 Å². The first-order valence-electron chi connectivity index (χ1n) is 4.27. The van der Waals surface area contributed by atoms with Gasteiger partial charge in [-0.25, -0.2) is 0 Å². The van der Waals surface area contributed by atoms with Gasteiger partial charge in [0.05, 0.1) is 0 Å². The van der Waals surface area contributed by atoms with Crippen LogP contribution in [0.3, 0.4) is 0 Å². The third-order valence-corrected chi connectivity index (χ3v) is 1.88. The van der Waals surface area contributed by atoms with E-state index in [1.807, 2.05) is 25.1 Å². The molecular formula is C8H12B2O3. The van der Waals surface area contributed by atoms with Crippen LogP contribution < -0.4 is 5.46 Å². The summed E-state index contributed by atoms with van der Waals surface area (Å²) in [6.45, 7) is 2.04. The number of benzene rings is 1. The zero-order valence-corrected chi connectivity index (χ0v) is 7.60. The van der Waals surface area contributed by atoms with Gasteiger partial charge in [-0.1, -0.05) is 31.2 Å². The van der Waals surface area contributed by atoms with E-state index in [1.54, 1.807) is 6.07 Å². The van der Waals surface area contributed by atoms with Gasteiger partial charge in [-0.15, -0.1) is 0 Å². The highest BCUT2D eigenvalue weighted by atomic mass is 16.5. The molecule has 68 valence electrons. The van der Waals surface area contributed by atoms with Crippen molar-refractivity contribution in [3.8, 4) is 0 Å². The zero-order valence-electron chi connectivity index (χ0n) is 7.60. The Bertz CT molecular complexity index is 267. The van der Waals surface area contributed by atoms with Crippen LogP contribution in [0.5, 0.6) is 0 Å². The van der Waals surface area contributed by atoms with Gasteiger partial charge in [0.25, 0.3) is 0 Å². The van der Waals surface area contributed by atoms with Gasteiger partial charge >= 0.3 is 14.8 Å². The molecule has 0 fully saturated rings. The number of hydrogen-bond donors (Lipinski definition) is 2. The maximum absolute atomic E-state index is 9.36. The lowest BCUT2D eigenvalue weighted by atomic mass is 9.77. The lowest BCUT2D eigenvalue weighted by molar-refractivity contribution is 0.393. The average Bonchev–Trinajstić information content (AvgIpc) is 2.18. The predicted molar refractivity (Wildman–Crippen MR) is 53.9 cm³/mol. The number of rotatable bonds is 4. The van der Waals surface area contributed by atoms with E-state index in [1.165, 1.54) is 0 Å². The quantitative estimate of drug-likeness (QED) is 0.594. The molecule has 0 aliphatic carbocycles. The lowest BCUT2D eigenvalue weighted by Crippen LogP contribution is -2.35. The molecule has 5 heteroatoms. The van der Waals surface area contributed by atoms with Gasteiger partial charge in [-0.2, -0.15) is 0 Å². The molecule has 2 N–H and O–H groups in total. The van der Waals surface area contributed by atoms with E-state index >= 15 is 0 Å². The van der Waals surface area contributed by atoms with Gasteiger partial charge in [0.15, 0.2) is 0 Å². The maximum Gasteiger partial charge on any atom is 0.477 e. The molecule has 1 aromatic carbocycles. The second-order valence-electron chi connectivity index (χ2n) is 2.75. The molecule has 0 radical (unpaired) electrons. The van der Waals surface area contributed by atoms with E-state index in [0.717, 1.165) is 12.0 Å². The van der Waals surface area contributed by atoms with Crippen molar-refractivity contribution in [3.63, 3.8) is 0 Å². The van der Waals surface area contributed by atoms with Gasteiger partial charge < -0.3 is 14.6 Å². The highest BCUT2D eigenvalue weighted by Crippen LogP contribution is 1.98. The molecule has 0 spiro atoms. The molecule has 0 saturated carbocycles. The fourth-order valence-corrected chi connectivity index (χ4v) is 1.13. The third kappa shape index (κ3) is 2.88. The topological polar surface area (TPSA) is 49.7 Å². The largest absolute Gasteiger partial charge is 0.477 e. The monoisotopic (exact) mass is 178 g/mol. The standard InChI is InChI=1S/C8H12B2O3/c1-2-7-4-3-5-8(6-7)10(12)13-9-11/h3-6,9,11-12H,2H2,1H3. The van der Waals surface area contributed by atoms with Crippen LogP contribution >= 0.6 is 0 Å². The highest BCUT2D eigenvalue weighted by molar-refractivity contribution is 6.64. The number of aryl methyl sites for hydroxylation is 1. The van der Waals surface area contributed by atoms with Gasteiger partial charge in [0.1, 0.15) is 0 Å². The summed E-state index contributed by atoms with van der Waals surface area (Å²) >= 11 is 0. The Morgan fingerprint density at radius 2 is 2.31 bits per heavy atom. The molecule has 0 aliphatic rings. The minimum atomic E-state index is -1.03. The molecule has 1 aromatic rings. The summed E-state index contributed by atoms with van der Waals surface area (Å²) in [5.74, 6) is 0. The minimum absolute atomic E-state index is 0.475. The molecule has 0 aliphatic heterocycles. The Morgan fingerprint density at radius 1 is 1.54 bits per heavy atom. The van der Waals surface area contributed by atoms with Crippen molar-refractivity contribution in [2.75, 3.05) is 0 Å². The summed E-state index contributed by atoms with van der Waals surface area (Å²) in [6, 6.07) is 7.47. The Balaban J connectivity index is 2.75. The lowest BCUT2D eigenvalue weighted by Gasteiger charge is -2.06. The van der Waals surface area contributed by atoms with Crippen LogP contribution in [-0.4, -0.2) is 24.9 Å². The second-order valence-corrected chi connectivity index (χ2v) is 2.75. The highest BCUT2D eigenvalue weighted by Gasteiger charge is 2.15. The van der Waals surface area contributed by atoms with Crippen LogP contribution in [0.4, 0.5) is 0 Å². The van der Waals surface area contributed by atoms with Crippen LogP contribution in [0.25, 0.3) is 0 Å². The Kier molecular flexibility index (Phi) is 4.02. The Hall–Kier alpha value is -0.770. The van der Waals surface area contributed by atoms with Crippen LogP contribution in [0.2, 0.25) is 0 Å². The smallest absolute Gasteiger partial charge is 0.450 e. The first-order valence-corrected chi connectivity index (χ1v) is 4.27. The first kappa shape index (κ1) is 10.3. The van der Waals surface area contributed by atoms with Gasteiger partial charge in [-0.05, 0) is 17.4 Å². The van der Waals surface area contributed by atoms with Crippen LogP contribution in [0.15, 0.2) is 24.3 Å². The van der Waals surface area contributed by atoms with E-state index in [2.05, 4.69) is 4.57 Å². The summed E-state index contributed by atoms with van der Waals surface area (Å²) in [5, 5.41) is 17.8. The van der Waals surface area contributed by atoms with Crippen molar-refractivity contribution in [2.24, 2.45) is 0 Å². The molecule has 0 aromatic heterocycles. The summed E-state index contributed by atoms with van der Waals surface area (Å²) in [4.78, 5) is 0. The molecular weight excluding hydrogens is 166 g/mol. The Labute approximate surface area is 78.8 Å². The molecule has 0 saturated heterocycles. The third-order valence-electron chi connectivity index (χ3n) is 1.88. The Morgan fingerprint density at radius 3 is 2.92 bits per heavy atom. The zero-order chi connectivity index (χ0) is 9.68. The molecule has 13 heavy (non-hydrogen) atoms. The summed E-state index contributed by atoms with van der Waals surface area (Å²) in [5.41, 5.74) is 1.81.